The van der Waals surface area contributed by atoms with E-state index in [4.69, 9.17) is 17.6 Å². The van der Waals surface area contributed by atoms with Gasteiger partial charge in [-0.3, -0.25) is 9.83 Å². The van der Waals surface area contributed by atoms with Crippen LogP contribution in [0.25, 0.3) is 0 Å². The first-order valence-corrected chi connectivity index (χ1v) is 17.1. The molecule has 0 spiro atoms. The lowest BCUT2D eigenvalue weighted by Gasteiger charge is -2.30. The van der Waals surface area contributed by atoms with E-state index in [1.807, 2.05) is 13.1 Å². The number of hydrogen-bond donors (Lipinski definition) is 1. The van der Waals surface area contributed by atoms with Gasteiger partial charge in [-0.25, -0.2) is 0 Å². The minimum Gasteiger partial charge on any atom is -0.550 e. The van der Waals surface area contributed by atoms with Gasteiger partial charge in [-0.1, -0.05) is 13.1 Å². The molecule has 0 heterocycles. The minimum absolute atomic E-state index is 0.0135. The minimum atomic E-state index is -2.69. The quantitative estimate of drug-likeness (QED) is 0.302. The molecule has 0 unspecified atom stereocenters. The largest absolute Gasteiger partial charge is 0.584 e. The normalized spacial score (nSPS) is 12.7. The third-order valence-electron chi connectivity index (χ3n) is 1.44. The van der Waals surface area contributed by atoms with E-state index < -0.39 is 33.6 Å². The first-order valence-electron chi connectivity index (χ1n) is 3.82. The smallest absolute Gasteiger partial charge is 0.550 e. The average molecular weight is 352 g/mol. The zero-order chi connectivity index (χ0) is 12.6. The molecule has 0 aliphatic carbocycles. The number of rotatable bonds is 8. The predicted molar refractivity (Wildman–Crippen MR) is 65.4 cm³/mol. The molecule has 0 bridgehead atoms. The zero-order valence-corrected chi connectivity index (χ0v) is 16.5. The molecular weight excluding hydrogens is 345 g/mol. The van der Waals surface area contributed by atoms with Gasteiger partial charge in [0.15, 0.2) is 0 Å². The lowest BCUT2D eigenvalue weighted by Crippen LogP contribution is -2.66. The summed E-state index contributed by atoms with van der Waals surface area (Å²) in [7, 11) is 0.197. The van der Waals surface area contributed by atoms with Crippen LogP contribution in [-0.4, -0.2) is 76.9 Å². The van der Waals surface area contributed by atoms with Gasteiger partial charge in [0.2, 0.25) is 29.8 Å². The van der Waals surface area contributed by atoms with Crippen molar-refractivity contribution >= 4 is 71.6 Å². The molecule has 0 rings (SSSR count). The Morgan fingerprint density at radius 3 is 2.19 bits per heavy atom. The van der Waals surface area contributed by atoms with Crippen LogP contribution in [0.2, 0.25) is 13.1 Å². The van der Waals surface area contributed by atoms with Crippen molar-refractivity contribution in [3.63, 3.8) is 0 Å². The highest BCUT2D eigenvalue weighted by Crippen LogP contribution is 2.09. The van der Waals surface area contributed by atoms with Gasteiger partial charge in [-0.15, -0.1) is 0 Å². The molecule has 0 fully saturated rings. The molecule has 83 valence electrons. The molecule has 0 saturated heterocycles. The third kappa shape index (κ3) is 4.81. The Morgan fingerprint density at radius 1 is 1.31 bits per heavy atom. The molecule has 0 amide bonds. The van der Waals surface area contributed by atoms with Crippen molar-refractivity contribution in [1.29, 1.82) is 0 Å². The highest BCUT2D eigenvalue weighted by molar-refractivity contribution is 7.65. The monoisotopic (exact) mass is 351 g/mol. The van der Waals surface area contributed by atoms with Gasteiger partial charge >= 0.3 is 17.2 Å². The molecule has 14 heteroatoms. The Labute approximate surface area is 111 Å². The van der Waals surface area contributed by atoms with Gasteiger partial charge in [0.25, 0.3) is 8.08 Å². The van der Waals surface area contributed by atoms with Gasteiger partial charge in [-0.2, -0.15) is 0 Å². The lowest BCUT2D eigenvalue weighted by molar-refractivity contribution is -0.138. The standard InChI is InChI=1S/C2H7O6Si8/c1-14(2)15(5-3)16(6-9,7-10)13-12-8-11-4/h3H,1-2H3. The summed E-state index contributed by atoms with van der Waals surface area (Å²) >= 11 is 0. The summed E-state index contributed by atoms with van der Waals surface area (Å²) in [5.74, 6) is 0. The molecule has 0 aliphatic heterocycles. The topological polar surface area (TPSA) is 74.2 Å². The van der Waals surface area contributed by atoms with E-state index in [1.165, 1.54) is 0 Å². The fraction of sp³-hybridized carbons (Fsp3) is 1.00. The van der Waals surface area contributed by atoms with Gasteiger partial charge < -0.3 is 16.8 Å². The Balaban J connectivity index is 4.96. The number of hydrogen-bond acceptors (Lipinski definition) is 6. The van der Waals surface area contributed by atoms with Gasteiger partial charge in [0.05, 0.1) is 8.31 Å². The first kappa shape index (κ1) is 17.2. The molecule has 0 aliphatic rings. The third-order valence-corrected chi connectivity index (χ3v) is 36.6. The summed E-state index contributed by atoms with van der Waals surface area (Å²) in [6.45, 7) is 4.02. The van der Waals surface area contributed by atoms with Crippen molar-refractivity contribution in [3.8, 4) is 0 Å². The van der Waals surface area contributed by atoms with Crippen LogP contribution in [0.5, 0.6) is 0 Å². The lowest BCUT2D eigenvalue weighted by atomic mass is 11.9. The Morgan fingerprint density at radius 2 is 1.88 bits per heavy atom. The summed E-state index contributed by atoms with van der Waals surface area (Å²) in [6, 6.07) is 0. The van der Waals surface area contributed by atoms with E-state index in [1.54, 1.807) is 0 Å². The average Bonchev–Trinajstić information content (AvgIpc) is 2.27. The summed E-state index contributed by atoms with van der Waals surface area (Å²) in [4.78, 5) is 0. The maximum atomic E-state index is 10.2. The second-order valence-corrected chi connectivity index (χ2v) is 26.1. The van der Waals surface area contributed by atoms with Crippen LogP contribution in [0, 0.1) is 0 Å². The van der Waals surface area contributed by atoms with Crippen LogP contribution < -0.4 is 0 Å². The SMILES string of the molecule is C[Si](C)[Si](OO)[Si](O[Si])(O[Si])[Si]=[Si]O[Si]=O. The molecule has 0 aromatic heterocycles. The molecule has 6 nitrogen and oxygen atoms in total. The van der Waals surface area contributed by atoms with E-state index in [2.05, 4.69) is 25.5 Å². The molecule has 0 aromatic rings. The maximum Gasteiger partial charge on any atom is 0.584 e. The van der Waals surface area contributed by atoms with Crippen LogP contribution in [0.15, 0.2) is 0 Å². The van der Waals surface area contributed by atoms with Gasteiger partial charge in [0, 0.05) is 0 Å². The molecule has 0 atom stereocenters. The molecule has 0 saturated carbocycles. The first-order chi connectivity index (χ1) is 7.57. The van der Waals surface area contributed by atoms with Crippen molar-refractivity contribution in [2.24, 2.45) is 0 Å². The predicted octanol–water partition coefficient (Wildman–Crippen LogP) is -2.26. The molecule has 11 radical (unpaired) electrons. The molecule has 16 heavy (non-hydrogen) atoms. The van der Waals surface area contributed by atoms with E-state index in [9.17, 15) is 4.46 Å². The van der Waals surface area contributed by atoms with Crippen molar-refractivity contribution in [3.05, 3.63) is 0 Å². The van der Waals surface area contributed by atoms with Gasteiger partial charge in [-0.05, 0) is 0 Å². The summed E-state index contributed by atoms with van der Waals surface area (Å²) in [5, 5.41) is 8.96. The van der Waals surface area contributed by atoms with Crippen LogP contribution in [0.4, 0.5) is 0 Å². The van der Waals surface area contributed by atoms with E-state index in [0.717, 1.165) is 0 Å². The van der Waals surface area contributed by atoms with Gasteiger partial charge in [0.1, 0.15) is 8.13 Å². The Hall–Kier alpha value is 1.18. The highest BCUT2D eigenvalue weighted by atomic mass is 29.8. The fourth-order valence-corrected chi connectivity index (χ4v) is 42.8. The second-order valence-electron chi connectivity index (χ2n) is 2.65. The summed E-state index contributed by atoms with van der Waals surface area (Å²) < 4.78 is 30.1. The Kier molecular flexibility index (Phi) is 9.82. The van der Waals surface area contributed by atoms with Crippen molar-refractivity contribution in [2.75, 3.05) is 0 Å². The van der Waals surface area contributed by atoms with Crippen LogP contribution in [-0.2, 0) is 21.4 Å². The highest BCUT2D eigenvalue weighted by Gasteiger charge is 2.48. The Bertz CT molecular complexity index is 229. The summed E-state index contributed by atoms with van der Waals surface area (Å²) in [5.41, 5.74) is 0. The van der Waals surface area contributed by atoms with Crippen molar-refractivity contribution in [2.45, 2.75) is 13.1 Å². The summed E-state index contributed by atoms with van der Waals surface area (Å²) in [6.07, 6.45) is 0. The fourth-order valence-electron chi connectivity index (χ4n) is 0.815. The van der Waals surface area contributed by atoms with Crippen LogP contribution in [0.1, 0.15) is 0 Å². The maximum absolute atomic E-state index is 10.2. The van der Waals surface area contributed by atoms with Crippen LogP contribution >= 0.6 is 0 Å². The van der Waals surface area contributed by atoms with Crippen molar-refractivity contribution < 1.29 is 26.6 Å². The van der Waals surface area contributed by atoms with E-state index >= 15 is 0 Å². The second kappa shape index (κ2) is 9.15. The van der Waals surface area contributed by atoms with E-state index in [-0.39, 0.29) is 17.0 Å². The van der Waals surface area contributed by atoms with Crippen molar-refractivity contribution in [1.82, 2.24) is 0 Å². The molecule has 0 aromatic carbocycles. The van der Waals surface area contributed by atoms with E-state index in [0.29, 0.717) is 0 Å². The van der Waals surface area contributed by atoms with Crippen LogP contribution in [0.3, 0.4) is 0 Å². The molecule has 1 N–H and O–H groups in total. The zero-order valence-electron chi connectivity index (χ0n) is 8.49. The molecular formula is C2H7O6Si8.